The smallest absolute Gasteiger partial charge is 0.335 e. The number of carbonyl (C=O) groups is 5. The molecule has 0 bridgehead atoms. The average molecular weight is 597 g/mol. The van der Waals surface area contributed by atoms with Gasteiger partial charge in [-0.05, 0) is 33.4 Å². The van der Waals surface area contributed by atoms with Crippen LogP contribution in [0.1, 0.15) is 27.2 Å². The van der Waals surface area contributed by atoms with Crippen molar-refractivity contribution >= 4 is 29.8 Å². The fraction of sp³-hybridized carbons (Fsp3) is 0.762. The fourth-order valence-electron chi connectivity index (χ4n) is 2.58. The Balaban J connectivity index is -0.000000143. The third-order valence-corrected chi connectivity index (χ3v) is 4.83. The second kappa shape index (κ2) is 23.8. The molecule has 40 heavy (non-hydrogen) atoms. The molecule has 0 aliphatic carbocycles. The first-order valence-corrected chi connectivity index (χ1v) is 11.1. The second-order valence-corrected chi connectivity index (χ2v) is 8.58. The minimum Gasteiger partial charge on any atom is -0.481 e. The third kappa shape index (κ3) is 22.9. The zero-order valence-corrected chi connectivity index (χ0v) is 22.8. The van der Waals surface area contributed by atoms with Crippen LogP contribution in [0.3, 0.4) is 0 Å². The Morgan fingerprint density at radius 3 is 1.25 bits per heavy atom. The summed E-state index contributed by atoms with van der Waals surface area (Å²) < 4.78 is 0. The molecule has 1 heterocycles. The van der Waals surface area contributed by atoms with Crippen LogP contribution in [-0.2, 0) is 24.0 Å². The van der Waals surface area contributed by atoms with Gasteiger partial charge in [-0.25, -0.2) is 19.2 Å². The molecule has 0 saturated carbocycles. The Morgan fingerprint density at radius 2 is 1.02 bits per heavy atom. The van der Waals surface area contributed by atoms with Gasteiger partial charge < -0.3 is 66.9 Å². The van der Waals surface area contributed by atoms with Crippen molar-refractivity contribution in [3.63, 3.8) is 0 Å². The van der Waals surface area contributed by atoms with Gasteiger partial charge in [0.05, 0.1) is 6.10 Å². The number of aliphatic carboxylic acids is 5. The number of aliphatic hydroxyl groups is 5. The van der Waals surface area contributed by atoms with Crippen molar-refractivity contribution in [2.75, 3.05) is 33.7 Å². The minimum atomic E-state index is -2.27. The molecule has 0 aromatic rings. The number of nitrogens with zero attached hydrogens (tertiary/aromatic N) is 2. The first kappa shape index (κ1) is 46.8. The quantitative estimate of drug-likeness (QED) is 0.119. The van der Waals surface area contributed by atoms with Crippen LogP contribution in [0.5, 0.6) is 0 Å². The average Bonchev–Trinajstić information content (AvgIpc) is 2.78. The number of hydrogen-bond donors (Lipinski definition) is 10. The number of piperidine rings is 1. The molecule has 1 saturated heterocycles. The number of carboxylic acids is 5. The van der Waals surface area contributed by atoms with Gasteiger partial charge in [0.15, 0.2) is 24.4 Å². The fourth-order valence-corrected chi connectivity index (χ4v) is 2.58. The van der Waals surface area contributed by atoms with Gasteiger partial charge in [-0.2, -0.15) is 0 Å². The molecule has 0 aromatic carbocycles. The van der Waals surface area contributed by atoms with E-state index in [1.54, 1.807) is 0 Å². The van der Waals surface area contributed by atoms with E-state index in [4.69, 9.17) is 50.8 Å². The van der Waals surface area contributed by atoms with Crippen LogP contribution in [0, 0.1) is 5.92 Å². The van der Waals surface area contributed by atoms with E-state index in [9.17, 15) is 24.3 Å². The highest BCUT2D eigenvalue weighted by molar-refractivity contribution is 5.83. The van der Waals surface area contributed by atoms with Crippen LogP contribution in [0.2, 0.25) is 0 Å². The number of hydrogen-bond acceptors (Lipinski definition) is 12. The summed E-state index contributed by atoms with van der Waals surface area (Å²) >= 11 is 0. The normalized spacial score (nSPS) is 20.8. The summed E-state index contributed by atoms with van der Waals surface area (Å²) in [6.45, 7) is 8.69. The number of aliphatic hydroxyl groups excluding tert-OH is 5. The zero-order valence-electron chi connectivity index (χ0n) is 22.8. The van der Waals surface area contributed by atoms with Gasteiger partial charge in [0.2, 0.25) is 0 Å². The molecule has 19 nitrogen and oxygen atoms in total. The van der Waals surface area contributed by atoms with Gasteiger partial charge in [0.1, 0.15) is 0 Å². The maximum Gasteiger partial charge on any atom is 0.335 e. The Kier molecular flexibility index (Phi) is 27.9. The molecule has 1 fully saturated rings. The summed E-state index contributed by atoms with van der Waals surface area (Å²) in [4.78, 5) is 52.8. The zero-order chi connectivity index (χ0) is 30.9. The summed E-state index contributed by atoms with van der Waals surface area (Å²) in [5.41, 5.74) is 0. The molecule has 7 unspecified atom stereocenters. The van der Waals surface area contributed by atoms with Crippen molar-refractivity contribution in [2.24, 2.45) is 5.92 Å². The van der Waals surface area contributed by atoms with Gasteiger partial charge in [0, 0.05) is 32.6 Å². The molecule has 240 valence electrons. The predicted molar refractivity (Wildman–Crippen MR) is 134 cm³/mol. The molecule has 0 spiro atoms. The molecule has 0 radical (unpaired) electrons. The maximum absolute atomic E-state index is 9.77. The summed E-state index contributed by atoms with van der Waals surface area (Å²) in [7, 11) is 4.21. The van der Waals surface area contributed by atoms with Crippen molar-refractivity contribution in [1.29, 1.82) is 0 Å². The molecule has 14 N–H and O–H groups in total. The Morgan fingerprint density at radius 1 is 0.750 bits per heavy atom. The lowest BCUT2D eigenvalue weighted by Gasteiger charge is -2.40. The minimum absolute atomic E-state index is 0. The van der Waals surface area contributed by atoms with Crippen LogP contribution in [-0.4, -0.2) is 172 Å². The number of likely N-dealkylation sites (tertiary alicyclic amines) is 1. The van der Waals surface area contributed by atoms with Gasteiger partial charge in [-0.3, -0.25) is 9.69 Å². The molecule has 19 heteroatoms. The molecule has 7 atom stereocenters. The third-order valence-electron chi connectivity index (χ3n) is 4.83. The number of likely N-dealkylation sites (N-methyl/N-ethyl adjacent to an activating group) is 1. The Hall–Kier alpha value is -3.01. The highest BCUT2D eigenvalue weighted by Crippen LogP contribution is 2.21. The summed E-state index contributed by atoms with van der Waals surface area (Å²) in [5, 5.41) is 82.2. The van der Waals surface area contributed by atoms with Crippen LogP contribution < -0.4 is 0 Å². The largest absolute Gasteiger partial charge is 0.481 e. The van der Waals surface area contributed by atoms with Crippen LogP contribution in [0.25, 0.3) is 0 Å². The SMILES string of the molecule is CC(=O)O.CC1CN(CCN(C)C)C(C)CC1O.O.O.O=C(O)C(O)C(O)C(=O)O.O=C(O)C(O)C(O)C(=O)O. The summed E-state index contributed by atoms with van der Waals surface area (Å²) in [6, 6.07) is 0.529. The molecular weight excluding hydrogens is 552 g/mol. The number of rotatable bonds is 9. The first-order valence-electron chi connectivity index (χ1n) is 11.1. The maximum atomic E-state index is 9.77. The topological polar surface area (TPSA) is 357 Å². The lowest BCUT2D eigenvalue weighted by atomic mass is 9.92. The Labute approximate surface area is 229 Å². The van der Waals surface area contributed by atoms with Gasteiger partial charge >= 0.3 is 23.9 Å². The van der Waals surface area contributed by atoms with E-state index in [1.807, 2.05) is 0 Å². The van der Waals surface area contributed by atoms with Crippen LogP contribution in [0.4, 0.5) is 0 Å². The second-order valence-electron chi connectivity index (χ2n) is 8.58. The van der Waals surface area contributed by atoms with Crippen molar-refractivity contribution in [2.45, 2.75) is 63.8 Å². The Bertz CT molecular complexity index is 675. The lowest BCUT2D eigenvalue weighted by molar-refractivity contribution is -0.165. The van der Waals surface area contributed by atoms with Crippen molar-refractivity contribution in [3.8, 4) is 0 Å². The molecule has 1 aliphatic heterocycles. The van der Waals surface area contributed by atoms with Crippen molar-refractivity contribution in [1.82, 2.24) is 9.80 Å². The van der Waals surface area contributed by atoms with Crippen molar-refractivity contribution < 1.29 is 86.0 Å². The van der Waals surface area contributed by atoms with E-state index in [2.05, 4.69) is 37.7 Å². The summed E-state index contributed by atoms with van der Waals surface area (Å²) in [5.74, 6) is -7.48. The van der Waals surface area contributed by atoms with E-state index in [0.717, 1.165) is 33.0 Å². The van der Waals surface area contributed by atoms with Gasteiger partial charge in [-0.1, -0.05) is 6.92 Å². The van der Waals surface area contributed by atoms with Gasteiger partial charge in [-0.15, -0.1) is 0 Å². The van der Waals surface area contributed by atoms with Crippen molar-refractivity contribution in [3.05, 3.63) is 0 Å². The molecule has 1 aliphatic rings. The van der Waals surface area contributed by atoms with Crippen LogP contribution >= 0.6 is 0 Å². The lowest BCUT2D eigenvalue weighted by Crippen LogP contribution is -2.49. The predicted octanol–water partition coefficient (Wildman–Crippen LogP) is -5.16. The molecule has 0 aromatic heterocycles. The van der Waals surface area contributed by atoms with E-state index < -0.39 is 54.3 Å². The van der Waals surface area contributed by atoms with E-state index in [1.165, 1.54) is 0 Å². The first-order chi connectivity index (χ1) is 17.2. The standard InChI is InChI=1S/C11H24N2O.2C4H6O6.C2H4O2.2H2O/c1-9-8-13(6-5-12(3)4)10(2)7-11(9)14;2*5-1(3(7)8)2(6)4(9)10;1-2(3)4;;/h9-11,14H,5-8H2,1-4H3;2*1-2,5-6H,(H,7,8)(H,9,10);1H3,(H,3,4);2*1H2. The van der Waals surface area contributed by atoms with E-state index in [0.29, 0.717) is 12.0 Å². The molecular formula is C21H44N2O17. The summed E-state index contributed by atoms with van der Waals surface area (Å²) in [6.07, 6.45) is -8.24. The monoisotopic (exact) mass is 596 g/mol. The van der Waals surface area contributed by atoms with Gasteiger partial charge in [0.25, 0.3) is 5.97 Å². The van der Waals surface area contributed by atoms with E-state index in [-0.39, 0.29) is 17.1 Å². The highest BCUT2D eigenvalue weighted by atomic mass is 16.4. The van der Waals surface area contributed by atoms with E-state index >= 15 is 0 Å². The molecule has 1 rings (SSSR count). The van der Waals surface area contributed by atoms with Crippen LogP contribution in [0.15, 0.2) is 0 Å². The molecule has 0 amide bonds. The number of carboxylic acid groups (broad SMARTS) is 5. The highest BCUT2D eigenvalue weighted by Gasteiger charge is 2.30.